The number of aliphatic hydroxyl groups is 1. The van der Waals surface area contributed by atoms with Crippen LogP contribution < -0.4 is 0 Å². The molecule has 0 aromatic heterocycles. The van der Waals surface area contributed by atoms with Crippen LogP contribution in [0.4, 0.5) is 0 Å². The van der Waals surface area contributed by atoms with Gasteiger partial charge in [0.15, 0.2) is 13.2 Å². The highest BCUT2D eigenvalue weighted by Gasteiger charge is 2.36. The first-order chi connectivity index (χ1) is 12.0. The van der Waals surface area contributed by atoms with Gasteiger partial charge in [-0.3, -0.25) is 14.2 Å². The zero-order valence-electron chi connectivity index (χ0n) is 15.7. The van der Waals surface area contributed by atoms with E-state index < -0.39 is 5.97 Å². The molecular weight excluding hydrogens is 320 g/mol. The molecular formula is C19H35N2O4+. The number of nitrogens with zero attached hydrogens (tertiary/aromatic N) is 2. The number of quaternary nitrogens is 1. The molecule has 0 radical (unpaired) electrons. The van der Waals surface area contributed by atoms with Crippen LogP contribution in [-0.4, -0.2) is 57.8 Å². The van der Waals surface area contributed by atoms with Crippen molar-refractivity contribution in [2.45, 2.75) is 71.1 Å². The maximum absolute atomic E-state index is 12.3. The third-order valence-corrected chi connectivity index (χ3v) is 4.81. The summed E-state index contributed by atoms with van der Waals surface area (Å²) in [4.78, 5) is 24.9. The highest BCUT2D eigenvalue weighted by molar-refractivity contribution is 5.77. The van der Waals surface area contributed by atoms with Gasteiger partial charge in [0.2, 0.25) is 5.91 Å². The smallest absolute Gasteiger partial charge is 0.359 e. The molecule has 6 nitrogen and oxygen atoms in total. The van der Waals surface area contributed by atoms with Gasteiger partial charge in [-0.1, -0.05) is 58.3 Å². The lowest BCUT2D eigenvalue weighted by atomic mass is 10.1. The first kappa shape index (κ1) is 21.6. The van der Waals surface area contributed by atoms with Gasteiger partial charge in [-0.05, 0) is 6.42 Å². The highest BCUT2D eigenvalue weighted by atomic mass is 16.4. The van der Waals surface area contributed by atoms with Crippen molar-refractivity contribution in [3.8, 4) is 0 Å². The van der Waals surface area contributed by atoms with Gasteiger partial charge >= 0.3 is 5.97 Å². The first-order valence-corrected chi connectivity index (χ1v) is 9.70. The van der Waals surface area contributed by atoms with E-state index in [2.05, 4.69) is 6.92 Å². The topological polar surface area (TPSA) is 77.8 Å². The second-order valence-corrected chi connectivity index (χ2v) is 7.10. The van der Waals surface area contributed by atoms with E-state index in [0.717, 1.165) is 12.8 Å². The van der Waals surface area contributed by atoms with E-state index in [1.165, 1.54) is 44.9 Å². The summed E-state index contributed by atoms with van der Waals surface area (Å²) in [5.41, 5.74) is 0. The minimum atomic E-state index is -0.925. The quantitative estimate of drug-likeness (QED) is 0.371. The summed E-state index contributed by atoms with van der Waals surface area (Å²) in [6.07, 6.45) is 14.8. The predicted octanol–water partition coefficient (Wildman–Crippen LogP) is 3.07. The summed E-state index contributed by atoms with van der Waals surface area (Å²) >= 11 is 0. The van der Waals surface area contributed by atoms with Crippen LogP contribution in [0.15, 0.2) is 12.4 Å². The fraction of sp³-hybridized carbons (Fsp3) is 0.789. The Kier molecular flexibility index (Phi) is 10.4. The van der Waals surface area contributed by atoms with Gasteiger partial charge in [0.1, 0.15) is 12.7 Å². The molecule has 0 aromatic rings. The number of aliphatic carboxylic acids is 1. The Balaban J connectivity index is 2.19. The lowest BCUT2D eigenvalue weighted by molar-refractivity contribution is -0.873. The third-order valence-electron chi connectivity index (χ3n) is 4.81. The normalized spacial score (nSPS) is 19.5. The lowest BCUT2D eigenvalue weighted by Gasteiger charge is -2.30. The molecule has 0 saturated heterocycles. The Morgan fingerprint density at radius 3 is 2.20 bits per heavy atom. The van der Waals surface area contributed by atoms with Crippen molar-refractivity contribution in [1.82, 2.24) is 4.90 Å². The maximum Gasteiger partial charge on any atom is 0.359 e. The summed E-state index contributed by atoms with van der Waals surface area (Å²) in [5.74, 6) is -0.881. The number of carbonyl (C=O) groups excluding carboxylic acids is 1. The minimum absolute atomic E-state index is 0.0440. The largest absolute Gasteiger partial charge is 0.477 e. The summed E-state index contributed by atoms with van der Waals surface area (Å²) in [5, 5.41) is 18.2. The summed E-state index contributed by atoms with van der Waals surface area (Å²) in [6.45, 7) is 2.63. The molecule has 1 atom stereocenters. The summed E-state index contributed by atoms with van der Waals surface area (Å²) < 4.78 is 0.106. The molecule has 1 aliphatic rings. The van der Waals surface area contributed by atoms with E-state index in [0.29, 0.717) is 19.6 Å². The van der Waals surface area contributed by atoms with Crippen LogP contribution in [0.1, 0.15) is 71.1 Å². The molecule has 0 spiro atoms. The predicted molar refractivity (Wildman–Crippen MR) is 97.4 cm³/mol. The molecule has 1 unspecified atom stereocenters. The van der Waals surface area contributed by atoms with Crippen molar-refractivity contribution in [1.29, 1.82) is 0 Å². The van der Waals surface area contributed by atoms with Gasteiger partial charge in [0.25, 0.3) is 0 Å². The molecule has 0 saturated carbocycles. The Morgan fingerprint density at radius 2 is 1.64 bits per heavy atom. The number of carbonyl (C=O) groups is 2. The fourth-order valence-electron chi connectivity index (χ4n) is 3.31. The molecule has 0 aliphatic carbocycles. The van der Waals surface area contributed by atoms with Crippen LogP contribution >= 0.6 is 0 Å². The van der Waals surface area contributed by atoms with Crippen molar-refractivity contribution in [2.24, 2.45) is 0 Å². The molecule has 25 heavy (non-hydrogen) atoms. The molecule has 0 bridgehead atoms. The lowest BCUT2D eigenvalue weighted by Crippen LogP contribution is -2.50. The van der Waals surface area contributed by atoms with Crippen molar-refractivity contribution >= 4 is 11.9 Å². The van der Waals surface area contributed by atoms with Crippen molar-refractivity contribution in [3.05, 3.63) is 12.4 Å². The Bertz CT molecular complexity index is 439. The van der Waals surface area contributed by atoms with E-state index in [-0.39, 0.29) is 23.5 Å². The van der Waals surface area contributed by atoms with Gasteiger partial charge < -0.3 is 10.2 Å². The fourth-order valence-corrected chi connectivity index (χ4v) is 3.31. The van der Waals surface area contributed by atoms with Crippen molar-refractivity contribution in [2.75, 3.05) is 26.4 Å². The zero-order chi connectivity index (χ0) is 18.5. The highest BCUT2D eigenvalue weighted by Crippen LogP contribution is 2.19. The molecule has 2 N–H and O–H groups in total. The van der Waals surface area contributed by atoms with Crippen LogP contribution in [-0.2, 0) is 9.59 Å². The second kappa shape index (κ2) is 12.0. The van der Waals surface area contributed by atoms with Gasteiger partial charge in [0, 0.05) is 6.42 Å². The third kappa shape index (κ3) is 8.50. The molecule has 1 heterocycles. The Labute approximate surface area is 151 Å². The molecule has 1 rings (SSSR count). The maximum atomic E-state index is 12.3. The van der Waals surface area contributed by atoms with Crippen LogP contribution in [0.25, 0.3) is 0 Å². The Morgan fingerprint density at radius 1 is 1.04 bits per heavy atom. The second-order valence-electron chi connectivity index (χ2n) is 7.10. The van der Waals surface area contributed by atoms with Gasteiger partial charge in [-0.25, -0.2) is 4.79 Å². The van der Waals surface area contributed by atoms with E-state index >= 15 is 0 Å². The zero-order valence-corrected chi connectivity index (χ0v) is 15.7. The van der Waals surface area contributed by atoms with Gasteiger partial charge in [0.05, 0.1) is 12.8 Å². The van der Waals surface area contributed by atoms with Gasteiger partial charge in [-0.2, -0.15) is 0 Å². The van der Waals surface area contributed by atoms with E-state index in [1.54, 1.807) is 17.3 Å². The average molecular weight is 355 g/mol. The van der Waals surface area contributed by atoms with E-state index in [4.69, 9.17) is 5.11 Å². The molecule has 144 valence electrons. The molecule has 0 fully saturated rings. The van der Waals surface area contributed by atoms with Crippen LogP contribution in [0, 0.1) is 0 Å². The number of hydrogen-bond donors (Lipinski definition) is 2. The number of hydrogen-bond acceptors (Lipinski definition) is 3. The molecule has 1 amide bonds. The molecule has 0 aromatic carbocycles. The summed E-state index contributed by atoms with van der Waals surface area (Å²) in [7, 11) is 0. The first-order valence-electron chi connectivity index (χ1n) is 9.70. The number of rotatable bonds is 14. The van der Waals surface area contributed by atoms with Crippen LogP contribution in [0.5, 0.6) is 0 Å². The molecule has 6 heteroatoms. The standard InChI is InChI=1S/C19H34N2O4/c1-2-3-4-5-6-7-8-9-10-11-18(23)20-12-13-21(17-20,14-15-22)16-19(24)25/h12-13,22H,2-11,14-17H2,1H3/p+1. The van der Waals surface area contributed by atoms with E-state index in [9.17, 15) is 14.7 Å². The SMILES string of the molecule is CCCCCCCCCCCC(=O)N1C=C[N+](CCO)(CC(=O)O)C1. The van der Waals surface area contributed by atoms with Gasteiger partial charge in [-0.15, -0.1) is 0 Å². The van der Waals surface area contributed by atoms with Crippen molar-refractivity contribution in [3.63, 3.8) is 0 Å². The van der Waals surface area contributed by atoms with Crippen LogP contribution in [0.3, 0.4) is 0 Å². The number of carboxylic acids is 1. The van der Waals surface area contributed by atoms with E-state index in [1.807, 2.05) is 0 Å². The van der Waals surface area contributed by atoms with Crippen molar-refractivity contribution < 1.29 is 24.3 Å². The number of carboxylic acid groups (broad SMARTS) is 1. The average Bonchev–Trinajstić information content (AvgIpc) is 2.96. The number of unbranched alkanes of at least 4 members (excludes halogenated alkanes) is 8. The molecule has 1 aliphatic heterocycles. The minimum Gasteiger partial charge on any atom is -0.477 e. The summed E-state index contributed by atoms with van der Waals surface area (Å²) in [6, 6.07) is 0. The number of aliphatic hydroxyl groups excluding tert-OH is 1. The Hall–Kier alpha value is -1.40. The van der Waals surface area contributed by atoms with Crippen LogP contribution in [0.2, 0.25) is 0 Å². The monoisotopic (exact) mass is 355 g/mol. The number of amides is 1.